The molecule has 96 valence electrons. The summed E-state index contributed by atoms with van der Waals surface area (Å²) in [5, 5.41) is 10.1. The van der Waals surface area contributed by atoms with Crippen LogP contribution in [0.1, 0.15) is 5.01 Å². The van der Waals surface area contributed by atoms with E-state index in [2.05, 4.69) is 20.2 Å². The lowest BCUT2D eigenvalue weighted by molar-refractivity contribution is 0.687. The Labute approximate surface area is 119 Å². The molecule has 0 spiro atoms. The summed E-state index contributed by atoms with van der Waals surface area (Å²) in [5.74, 6) is 0.766. The molecule has 0 aliphatic rings. The van der Waals surface area contributed by atoms with Crippen LogP contribution in [0.4, 0.5) is 0 Å². The molecule has 0 fully saturated rings. The van der Waals surface area contributed by atoms with Crippen molar-refractivity contribution in [3.8, 4) is 11.5 Å². The number of aryl methyl sites for hydroxylation is 1. The van der Waals surface area contributed by atoms with Gasteiger partial charge in [0, 0.05) is 30.7 Å². The molecule has 3 aromatic rings. The van der Waals surface area contributed by atoms with Crippen LogP contribution in [0, 0.1) is 4.77 Å². The molecule has 5 nitrogen and oxygen atoms in total. The molecule has 0 saturated heterocycles. The number of hydrogen-bond acceptors (Lipinski definition) is 5. The molecule has 19 heavy (non-hydrogen) atoms. The van der Waals surface area contributed by atoms with E-state index in [0.717, 1.165) is 29.5 Å². The lowest BCUT2D eigenvalue weighted by atomic mass is 10.3. The number of pyridine rings is 1. The first-order valence-electron chi connectivity index (χ1n) is 5.79. The third-order valence-electron chi connectivity index (χ3n) is 2.69. The van der Waals surface area contributed by atoms with Crippen molar-refractivity contribution in [1.82, 2.24) is 24.7 Å². The van der Waals surface area contributed by atoms with Gasteiger partial charge in [-0.25, -0.2) is 4.98 Å². The molecule has 0 aliphatic heterocycles. The number of aromatic nitrogens is 5. The fraction of sp³-hybridized carbons (Fsp3) is 0.167. The molecule has 3 rings (SSSR count). The molecule has 0 aromatic carbocycles. The van der Waals surface area contributed by atoms with Crippen LogP contribution in [0.15, 0.2) is 36.0 Å². The predicted octanol–water partition coefficient (Wildman–Crippen LogP) is 2.70. The van der Waals surface area contributed by atoms with Crippen LogP contribution in [-0.4, -0.2) is 24.7 Å². The van der Waals surface area contributed by atoms with Crippen LogP contribution in [0.2, 0.25) is 0 Å². The van der Waals surface area contributed by atoms with E-state index in [4.69, 9.17) is 12.2 Å². The van der Waals surface area contributed by atoms with E-state index < -0.39 is 0 Å². The Kier molecular flexibility index (Phi) is 3.47. The maximum Gasteiger partial charge on any atom is 0.195 e. The number of H-pyrrole nitrogens is 1. The first kappa shape index (κ1) is 12.2. The highest BCUT2D eigenvalue weighted by Crippen LogP contribution is 2.15. The predicted molar refractivity (Wildman–Crippen MR) is 76.5 cm³/mol. The van der Waals surface area contributed by atoms with Gasteiger partial charge in [-0.05, 0) is 24.4 Å². The van der Waals surface area contributed by atoms with Crippen molar-refractivity contribution < 1.29 is 0 Å². The summed E-state index contributed by atoms with van der Waals surface area (Å²) in [6.45, 7) is 0.745. The molecule has 0 radical (unpaired) electrons. The van der Waals surface area contributed by atoms with Gasteiger partial charge in [-0.3, -0.25) is 14.6 Å². The summed E-state index contributed by atoms with van der Waals surface area (Å²) in [5.41, 5.74) is 0.814. The van der Waals surface area contributed by atoms with Gasteiger partial charge in [0.25, 0.3) is 0 Å². The molecular weight excluding hydrogens is 278 g/mol. The van der Waals surface area contributed by atoms with Gasteiger partial charge < -0.3 is 0 Å². The van der Waals surface area contributed by atoms with Gasteiger partial charge in [0.05, 0.1) is 5.01 Å². The van der Waals surface area contributed by atoms with Gasteiger partial charge >= 0.3 is 0 Å². The lowest BCUT2D eigenvalue weighted by Gasteiger charge is -2.04. The Morgan fingerprint density at radius 1 is 1.26 bits per heavy atom. The highest BCUT2D eigenvalue weighted by atomic mass is 32.1. The SMILES string of the molecule is S=c1[nH]nc(-c2ccccn2)n1CCc1nccs1. The second-order valence-electron chi connectivity index (χ2n) is 3.89. The van der Waals surface area contributed by atoms with Crippen molar-refractivity contribution >= 4 is 23.6 Å². The summed E-state index contributed by atoms with van der Waals surface area (Å²) < 4.78 is 2.57. The number of thiazole rings is 1. The minimum Gasteiger partial charge on any atom is -0.298 e. The Morgan fingerprint density at radius 3 is 2.95 bits per heavy atom. The Balaban J connectivity index is 1.89. The monoisotopic (exact) mass is 289 g/mol. The zero-order valence-electron chi connectivity index (χ0n) is 9.98. The first-order chi connectivity index (χ1) is 9.34. The molecule has 0 amide bonds. The van der Waals surface area contributed by atoms with Gasteiger partial charge in [0.2, 0.25) is 0 Å². The Morgan fingerprint density at radius 2 is 2.21 bits per heavy atom. The quantitative estimate of drug-likeness (QED) is 0.750. The largest absolute Gasteiger partial charge is 0.298 e. The maximum absolute atomic E-state index is 5.27. The normalized spacial score (nSPS) is 10.7. The second-order valence-corrected chi connectivity index (χ2v) is 5.26. The highest BCUT2D eigenvalue weighted by molar-refractivity contribution is 7.71. The van der Waals surface area contributed by atoms with Crippen LogP contribution in [0.5, 0.6) is 0 Å². The van der Waals surface area contributed by atoms with Crippen molar-refractivity contribution in [3.63, 3.8) is 0 Å². The van der Waals surface area contributed by atoms with Crippen LogP contribution < -0.4 is 0 Å². The van der Waals surface area contributed by atoms with E-state index in [9.17, 15) is 0 Å². The Hall–Kier alpha value is -1.86. The van der Waals surface area contributed by atoms with Crippen LogP contribution in [-0.2, 0) is 13.0 Å². The molecule has 3 heterocycles. The van der Waals surface area contributed by atoms with Gasteiger partial charge in [0.15, 0.2) is 10.6 Å². The second kappa shape index (κ2) is 5.41. The number of nitrogens with one attached hydrogen (secondary N) is 1. The van der Waals surface area contributed by atoms with Crippen molar-refractivity contribution in [2.75, 3.05) is 0 Å². The third-order valence-corrected chi connectivity index (χ3v) is 3.84. The number of hydrogen-bond donors (Lipinski definition) is 1. The smallest absolute Gasteiger partial charge is 0.195 e. The summed E-state index contributed by atoms with van der Waals surface area (Å²) in [6, 6.07) is 5.74. The van der Waals surface area contributed by atoms with Crippen molar-refractivity contribution in [3.05, 3.63) is 45.8 Å². The van der Waals surface area contributed by atoms with E-state index in [0.29, 0.717) is 4.77 Å². The standard InChI is InChI=1S/C12H11N5S2/c18-12-16-15-11(9-3-1-2-5-13-9)17(12)7-4-10-14-6-8-19-10/h1-3,5-6,8H,4,7H2,(H,16,18). The van der Waals surface area contributed by atoms with E-state index in [1.165, 1.54) is 0 Å². The van der Waals surface area contributed by atoms with Gasteiger partial charge in [-0.2, -0.15) is 5.10 Å². The van der Waals surface area contributed by atoms with Crippen LogP contribution in [0.3, 0.4) is 0 Å². The number of aromatic amines is 1. The number of nitrogens with zero attached hydrogens (tertiary/aromatic N) is 4. The van der Waals surface area contributed by atoms with Gasteiger partial charge in [-0.1, -0.05) is 6.07 Å². The molecule has 0 unspecified atom stereocenters. The molecule has 0 atom stereocenters. The van der Waals surface area contributed by atoms with Crippen LogP contribution >= 0.6 is 23.6 Å². The van der Waals surface area contributed by atoms with Crippen molar-refractivity contribution in [2.45, 2.75) is 13.0 Å². The topological polar surface area (TPSA) is 59.4 Å². The summed E-state index contributed by atoms with van der Waals surface area (Å²) >= 11 is 6.92. The lowest BCUT2D eigenvalue weighted by Crippen LogP contribution is -2.04. The number of rotatable bonds is 4. The molecule has 0 saturated carbocycles. The molecule has 3 aromatic heterocycles. The summed E-state index contributed by atoms with van der Waals surface area (Å²) in [7, 11) is 0. The van der Waals surface area contributed by atoms with E-state index in [1.54, 1.807) is 17.5 Å². The fourth-order valence-electron chi connectivity index (χ4n) is 1.80. The highest BCUT2D eigenvalue weighted by Gasteiger charge is 2.09. The molecule has 7 heteroatoms. The van der Waals surface area contributed by atoms with Gasteiger partial charge in [0.1, 0.15) is 5.69 Å². The van der Waals surface area contributed by atoms with E-state index >= 15 is 0 Å². The molecule has 0 bridgehead atoms. The summed E-state index contributed by atoms with van der Waals surface area (Å²) in [4.78, 5) is 8.58. The Bertz CT molecular complexity index is 699. The minimum absolute atomic E-state index is 0.609. The fourth-order valence-corrected chi connectivity index (χ4v) is 2.63. The van der Waals surface area contributed by atoms with Gasteiger partial charge in [-0.15, -0.1) is 11.3 Å². The first-order valence-corrected chi connectivity index (χ1v) is 7.08. The average Bonchev–Trinajstić information content (AvgIpc) is 3.07. The van der Waals surface area contributed by atoms with Crippen molar-refractivity contribution in [2.24, 2.45) is 0 Å². The maximum atomic E-state index is 5.27. The van der Waals surface area contributed by atoms with E-state index in [-0.39, 0.29) is 0 Å². The molecule has 0 aliphatic carbocycles. The minimum atomic E-state index is 0.609. The zero-order valence-corrected chi connectivity index (χ0v) is 11.6. The van der Waals surface area contributed by atoms with Crippen LogP contribution in [0.25, 0.3) is 11.5 Å². The van der Waals surface area contributed by atoms with Crippen molar-refractivity contribution in [1.29, 1.82) is 0 Å². The van der Waals surface area contributed by atoms with E-state index in [1.807, 2.05) is 34.3 Å². The molecular formula is C12H11N5S2. The molecule has 1 N–H and O–H groups in total. The third kappa shape index (κ3) is 2.61. The zero-order chi connectivity index (χ0) is 13.1. The average molecular weight is 289 g/mol. The summed E-state index contributed by atoms with van der Waals surface area (Å²) in [6.07, 6.45) is 4.40.